The van der Waals surface area contributed by atoms with Crippen molar-refractivity contribution in [1.82, 2.24) is 9.13 Å². The lowest BCUT2D eigenvalue weighted by Crippen LogP contribution is -2.58. The van der Waals surface area contributed by atoms with Crippen LogP contribution in [0.4, 0.5) is 0 Å². The first kappa shape index (κ1) is 37.8. The number of rotatable bonds is 3. The van der Waals surface area contributed by atoms with Crippen LogP contribution in [-0.4, -0.2) is 15.8 Å². The maximum atomic E-state index is 7.27. The Morgan fingerprint density at radius 1 is 0.352 bits per heavy atom. The van der Waals surface area contributed by atoms with E-state index in [1.54, 1.807) is 0 Å². The minimum atomic E-state index is -0.479. The molecule has 1 spiro atoms. The van der Waals surface area contributed by atoms with Crippen molar-refractivity contribution in [2.75, 3.05) is 0 Å². The molecule has 3 nitrogen and oxygen atoms in total. The van der Waals surface area contributed by atoms with Crippen molar-refractivity contribution < 1.29 is 4.74 Å². The van der Waals surface area contributed by atoms with Gasteiger partial charge in [-0.05, 0) is 102 Å². The molecule has 0 atom stereocenters. The Hall–Kier alpha value is -9.12. The van der Waals surface area contributed by atoms with Crippen LogP contribution in [0.5, 0.6) is 11.5 Å². The molecule has 0 saturated heterocycles. The Morgan fingerprint density at radius 3 is 1.55 bits per heavy atom. The Kier molecular flexibility index (Phi) is 7.22. The zero-order valence-electron chi connectivity index (χ0n) is 38.4. The summed E-state index contributed by atoms with van der Waals surface area (Å²) in [5.74, 6) is 1.84. The molecule has 4 heteroatoms. The van der Waals surface area contributed by atoms with Gasteiger partial charge in [0.05, 0.1) is 33.2 Å². The van der Waals surface area contributed by atoms with E-state index in [0.29, 0.717) is 0 Å². The van der Waals surface area contributed by atoms with Crippen LogP contribution in [-0.2, 0) is 5.41 Å². The zero-order valence-corrected chi connectivity index (χ0v) is 38.4. The second-order valence-electron chi connectivity index (χ2n) is 19.8. The zero-order chi connectivity index (χ0) is 46.1. The quantitative estimate of drug-likeness (QED) is 0.162. The van der Waals surface area contributed by atoms with Gasteiger partial charge in [-0.2, -0.15) is 0 Å². The lowest BCUT2D eigenvalue weighted by molar-refractivity contribution is 0.487. The van der Waals surface area contributed by atoms with E-state index < -0.39 is 5.41 Å². The summed E-state index contributed by atoms with van der Waals surface area (Å²) in [6.45, 7) is -0.106. The predicted molar refractivity (Wildman–Crippen MR) is 293 cm³/mol. The molecule has 0 amide bonds. The van der Waals surface area contributed by atoms with Gasteiger partial charge < -0.3 is 13.9 Å². The van der Waals surface area contributed by atoms with Gasteiger partial charge in [0.1, 0.15) is 11.5 Å². The molecule has 2 aliphatic heterocycles. The monoisotopic (exact) mass is 898 g/mol. The summed E-state index contributed by atoms with van der Waals surface area (Å²) in [4.78, 5) is 0. The van der Waals surface area contributed by atoms with Crippen LogP contribution in [0.3, 0.4) is 0 Å². The van der Waals surface area contributed by atoms with E-state index >= 15 is 0 Å². The Labute approximate surface area is 410 Å². The smallest absolute Gasteiger partial charge is 0.256 e. The first-order valence-corrected chi connectivity index (χ1v) is 24.8. The largest absolute Gasteiger partial charge is 0.458 e. The Bertz CT molecular complexity index is 4400. The van der Waals surface area contributed by atoms with E-state index in [4.69, 9.17) is 4.74 Å². The molecule has 4 aliphatic rings. The second-order valence-corrected chi connectivity index (χ2v) is 19.8. The topological polar surface area (TPSA) is 19.1 Å². The van der Waals surface area contributed by atoms with Gasteiger partial charge in [0.15, 0.2) is 0 Å². The minimum Gasteiger partial charge on any atom is -0.458 e. The van der Waals surface area contributed by atoms with Crippen LogP contribution >= 0.6 is 0 Å². The fourth-order valence-corrected chi connectivity index (χ4v) is 14.0. The Balaban J connectivity index is 1.03. The molecular weight excluding hydrogens is 860 g/mol. The van der Waals surface area contributed by atoms with E-state index in [-0.39, 0.29) is 6.71 Å². The van der Waals surface area contributed by atoms with Crippen molar-refractivity contribution in [3.8, 4) is 67.4 Å². The summed E-state index contributed by atoms with van der Waals surface area (Å²) >= 11 is 0. The van der Waals surface area contributed by atoms with Crippen LogP contribution in [0.25, 0.3) is 99.5 Å². The molecule has 326 valence electrons. The molecule has 13 aromatic rings. The van der Waals surface area contributed by atoms with Gasteiger partial charge in [0, 0.05) is 38.4 Å². The fourth-order valence-electron chi connectivity index (χ4n) is 14.0. The van der Waals surface area contributed by atoms with Gasteiger partial charge in [-0.3, -0.25) is 0 Å². The highest BCUT2D eigenvalue weighted by Crippen LogP contribution is 2.63. The number of para-hydroxylation sites is 3. The molecule has 2 aromatic heterocycles. The summed E-state index contributed by atoms with van der Waals surface area (Å²) in [6, 6.07) is 88.3. The van der Waals surface area contributed by atoms with Gasteiger partial charge >= 0.3 is 0 Å². The lowest BCUT2D eigenvalue weighted by Gasteiger charge is -2.35. The molecule has 0 N–H and O–H groups in total. The third-order valence-electron chi connectivity index (χ3n) is 16.6. The molecule has 0 saturated carbocycles. The van der Waals surface area contributed by atoms with Gasteiger partial charge in [0.2, 0.25) is 0 Å². The van der Waals surface area contributed by atoms with Gasteiger partial charge in [-0.25, -0.2) is 0 Å². The van der Waals surface area contributed by atoms with E-state index in [9.17, 15) is 0 Å². The normalized spacial score (nSPS) is 13.8. The second kappa shape index (κ2) is 13.6. The van der Waals surface area contributed by atoms with Gasteiger partial charge in [0.25, 0.3) is 6.71 Å². The fraction of sp³-hybridized carbons (Fsp3) is 0.0149. The van der Waals surface area contributed by atoms with Crippen molar-refractivity contribution >= 4 is 66.7 Å². The summed E-state index contributed by atoms with van der Waals surface area (Å²) < 4.78 is 12.4. The molecule has 4 heterocycles. The van der Waals surface area contributed by atoms with E-state index in [1.165, 1.54) is 138 Å². The highest BCUT2D eigenvalue weighted by atomic mass is 16.5. The molecule has 0 unspecified atom stereocenters. The highest BCUT2D eigenvalue weighted by Gasteiger charge is 2.53. The molecule has 2 aliphatic carbocycles. The van der Waals surface area contributed by atoms with Crippen molar-refractivity contribution in [3.63, 3.8) is 0 Å². The lowest BCUT2D eigenvalue weighted by atomic mass is 9.34. The molecule has 0 radical (unpaired) electrons. The van der Waals surface area contributed by atoms with Crippen LogP contribution in [0.1, 0.15) is 22.3 Å². The number of benzene rings is 11. The maximum absolute atomic E-state index is 7.27. The van der Waals surface area contributed by atoms with Crippen LogP contribution < -0.4 is 21.1 Å². The minimum absolute atomic E-state index is 0.106. The van der Waals surface area contributed by atoms with Crippen molar-refractivity contribution in [3.05, 3.63) is 259 Å². The van der Waals surface area contributed by atoms with Crippen molar-refractivity contribution in [2.45, 2.75) is 5.41 Å². The molecule has 11 aromatic carbocycles. The standard InChI is InChI=1S/C67H39BN2O/c1-3-19-40(20-4-1)42-28-17-29-43(41-21-5-2-6-22-41)64(42)70-57-33-15-10-26-47(57)50-37-56-66-62(65(50)70)48-27-11-16-34-58(48)69(66)59-35-18-36-60-63(59)68(56)55-39-54-49(38-61(55)71-60)46-25-9-14-32-53(46)67(54)51-30-12-7-23-44(51)45-24-8-13-31-52(45)67/h1-39H. The van der Waals surface area contributed by atoms with E-state index in [0.717, 1.165) is 11.5 Å². The summed E-state index contributed by atoms with van der Waals surface area (Å²) in [7, 11) is 0. The first-order chi connectivity index (χ1) is 35.3. The number of fused-ring (bicyclic) bond motifs is 21. The van der Waals surface area contributed by atoms with E-state index in [1.807, 2.05) is 0 Å². The van der Waals surface area contributed by atoms with Crippen molar-refractivity contribution in [1.29, 1.82) is 0 Å². The number of hydrogen-bond acceptors (Lipinski definition) is 1. The number of nitrogens with zero attached hydrogens (tertiary/aromatic N) is 2. The SMILES string of the molecule is c1ccc(-c2cccc(-c3ccccc3)c2-n2c3ccccc3c3cc4c5c(c6ccccc6n5-c5cccc6c5B4c4cc5c(cc4O6)-c4ccccc4C54c5ccccc5-c5ccccc54)c32)cc1. The van der Waals surface area contributed by atoms with Gasteiger partial charge in [-0.1, -0.05) is 206 Å². The van der Waals surface area contributed by atoms with Crippen LogP contribution in [0.2, 0.25) is 0 Å². The summed E-state index contributed by atoms with van der Waals surface area (Å²) in [5, 5.41) is 4.97. The maximum Gasteiger partial charge on any atom is 0.256 e. The molecular formula is C67H39BN2O. The highest BCUT2D eigenvalue weighted by molar-refractivity contribution is 6.99. The Morgan fingerprint density at radius 2 is 0.887 bits per heavy atom. The van der Waals surface area contributed by atoms with Crippen LogP contribution in [0, 0.1) is 0 Å². The number of hydrogen-bond donors (Lipinski definition) is 0. The number of ether oxygens (including phenoxy) is 1. The average molecular weight is 899 g/mol. The molecule has 17 rings (SSSR count). The van der Waals surface area contributed by atoms with E-state index in [2.05, 4.69) is 246 Å². The molecule has 0 fully saturated rings. The summed E-state index contributed by atoms with van der Waals surface area (Å²) in [6.07, 6.45) is 0. The van der Waals surface area contributed by atoms with Crippen LogP contribution in [0.15, 0.2) is 237 Å². The van der Waals surface area contributed by atoms with Crippen molar-refractivity contribution in [2.24, 2.45) is 0 Å². The first-order valence-electron chi connectivity index (χ1n) is 24.8. The number of aromatic nitrogens is 2. The summed E-state index contributed by atoms with van der Waals surface area (Å²) in [5.41, 5.74) is 25.6. The predicted octanol–water partition coefficient (Wildman–Crippen LogP) is 14.5. The third kappa shape index (κ3) is 4.61. The average Bonchev–Trinajstić information content (AvgIpc) is 4.15. The van der Waals surface area contributed by atoms with Gasteiger partial charge in [-0.15, -0.1) is 0 Å². The molecule has 71 heavy (non-hydrogen) atoms. The molecule has 0 bridgehead atoms. The third-order valence-corrected chi connectivity index (χ3v) is 16.6.